The summed E-state index contributed by atoms with van der Waals surface area (Å²) >= 11 is 3.24. The van der Waals surface area contributed by atoms with E-state index in [0.717, 1.165) is 10.4 Å². The second kappa shape index (κ2) is 3.70. The Kier molecular flexibility index (Phi) is 2.22. The molecule has 7 heteroatoms. The molecule has 1 aromatic rings. The molecule has 1 heterocycles. The maximum atomic E-state index is 12.2. The van der Waals surface area contributed by atoms with E-state index in [-0.39, 0.29) is 10.8 Å². The van der Waals surface area contributed by atoms with Gasteiger partial charge in [-0.1, -0.05) is 15.9 Å². The van der Waals surface area contributed by atoms with Crippen LogP contribution < -0.4 is 5.32 Å². The Bertz CT molecular complexity index is 733. The van der Waals surface area contributed by atoms with Crippen LogP contribution in [0.1, 0.15) is 0 Å². The lowest BCUT2D eigenvalue weighted by Gasteiger charge is -2.86. The molecule has 1 aliphatic heterocycles. The van der Waals surface area contributed by atoms with Gasteiger partial charge in [0.25, 0.3) is 0 Å². The van der Waals surface area contributed by atoms with Crippen LogP contribution in [0.2, 0.25) is 0 Å². The Morgan fingerprint density at radius 3 is 2.19 bits per heavy atom. The van der Waals surface area contributed by atoms with Gasteiger partial charge in [0.1, 0.15) is 4.90 Å². The van der Waals surface area contributed by atoms with Crippen molar-refractivity contribution in [3.05, 3.63) is 28.7 Å². The number of hydrogen-bond donors (Lipinski definition) is 1. The van der Waals surface area contributed by atoms with Crippen LogP contribution in [0.25, 0.3) is 0 Å². The fraction of sp³-hybridized carbons (Fsp3) is 0.500. The maximum Gasteiger partial charge on any atom is 0.341 e. The Hall–Kier alpha value is -0.920. The van der Waals surface area contributed by atoms with E-state index in [1.165, 1.54) is 12.1 Å². The lowest BCUT2D eigenvalue weighted by molar-refractivity contribution is -0.349. The van der Waals surface area contributed by atoms with Crippen LogP contribution in [0.3, 0.4) is 0 Å². The van der Waals surface area contributed by atoms with Crippen molar-refractivity contribution in [3.63, 3.8) is 0 Å². The number of carbonyl (C=O) groups is 1. The molecule has 3 aliphatic carbocycles. The van der Waals surface area contributed by atoms with Crippen molar-refractivity contribution in [1.82, 2.24) is 5.32 Å². The number of halogens is 1. The number of benzene rings is 1. The second-order valence-corrected chi connectivity index (χ2v) is 8.83. The van der Waals surface area contributed by atoms with Gasteiger partial charge in [0.2, 0.25) is 0 Å². The third kappa shape index (κ3) is 1.36. The molecule has 1 N–H and O–H groups in total. The topological polar surface area (TPSA) is 72.5 Å². The average Bonchev–Trinajstić information content (AvgIpc) is 2.44. The van der Waals surface area contributed by atoms with E-state index in [9.17, 15) is 13.2 Å². The van der Waals surface area contributed by atoms with Crippen molar-refractivity contribution in [1.29, 1.82) is 0 Å². The van der Waals surface area contributed by atoms with Crippen LogP contribution in [0.5, 0.6) is 0 Å². The molecule has 4 atom stereocenters. The summed E-state index contributed by atoms with van der Waals surface area (Å²) in [4.78, 5) is 12.2. The summed E-state index contributed by atoms with van der Waals surface area (Å²) in [6, 6.07) is 6.94. The molecule has 3 saturated carbocycles. The first-order valence-electron chi connectivity index (χ1n) is 6.99. The lowest BCUT2D eigenvalue weighted by atomic mass is 9.24. The minimum absolute atomic E-state index is 0.0123. The van der Waals surface area contributed by atoms with Crippen molar-refractivity contribution in [2.75, 3.05) is 0 Å². The van der Waals surface area contributed by atoms with Crippen LogP contribution in [0, 0.1) is 29.6 Å². The number of piperidine rings is 4. The first kappa shape index (κ1) is 12.6. The molecule has 5 rings (SSSR count). The molecule has 1 saturated heterocycles. The molecule has 0 spiro atoms. The largest absolute Gasteiger partial charge is 0.342 e. The molecule has 5 nitrogen and oxygen atoms in total. The highest BCUT2D eigenvalue weighted by Crippen LogP contribution is 2.77. The van der Waals surface area contributed by atoms with Crippen molar-refractivity contribution >= 4 is 32.0 Å². The molecule has 0 amide bonds. The average molecular weight is 370 g/mol. The second-order valence-electron chi connectivity index (χ2n) is 6.36. The molecular weight excluding hydrogens is 358 g/mol. The van der Waals surface area contributed by atoms with E-state index in [4.69, 9.17) is 4.18 Å². The molecule has 4 fully saturated rings. The molecule has 0 aromatic heterocycles. The molecular formula is C14H12BrNO4S. The summed E-state index contributed by atoms with van der Waals surface area (Å²) in [5.74, 6) is 1.22. The summed E-state index contributed by atoms with van der Waals surface area (Å²) in [5, 5.41) is 3.43. The number of nitrogens with one attached hydrogen (secondary N) is 1. The normalized spacial score (nSPS) is 44.3. The van der Waals surface area contributed by atoms with Crippen molar-refractivity contribution in [2.24, 2.45) is 29.6 Å². The van der Waals surface area contributed by atoms with Crippen molar-refractivity contribution in [2.45, 2.75) is 17.0 Å². The van der Waals surface area contributed by atoms with Crippen LogP contribution >= 0.6 is 15.9 Å². The fourth-order valence-electron chi connectivity index (χ4n) is 4.89. The van der Waals surface area contributed by atoms with Gasteiger partial charge in [0, 0.05) is 16.6 Å². The molecule has 0 radical (unpaired) electrons. The van der Waals surface area contributed by atoms with E-state index in [1.807, 2.05) is 0 Å². The minimum atomic E-state index is -4.01. The number of fused-ring (bicyclic) bond motifs is 2. The van der Waals surface area contributed by atoms with Gasteiger partial charge < -0.3 is 9.50 Å². The molecule has 1 aromatic carbocycles. The van der Waals surface area contributed by atoms with Crippen LogP contribution in [0.15, 0.2) is 33.6 Å². The van der Waals surface area contributed by atoms with Gasteiger partial charge in [-0.2, -0.15) is 8.42 Å². The first-order chi connectivity index (χ1) is 9.99. The van der Waals surface area contributed by atoms with E-state index >= 15 is 0 Å². The molecule has 4 unspecified atom stereocenters. The monoisotopic (exact) mass is 369 g/mol. The summed E-state index contributed by atoms with van der Waals surface area (Å²) in [7, 11) is -4.01. The number of rotatable bonds is 3. The van der Waals surface area contributed by atoms with Crippen LogP contribution in [0.4, 0.5) is 0 Å². The van der Waals surface area contributed by atoms with Gasteiger partial charge >= 0.3 is 16.1 Å². The Labute approximate surface area is 130 Å². The van der Waals surface area contributed by atoms with Gasteiger partial charge in [-0.25, -0.2) is 0 Å². The first-order valence-corrected chi connectivity index (χ1v) is 9.19. The predicted octanol–water partition coefficient (Wildman–Crippen LogP) is 1.14. The van der Waals surface area contributed by atoms with Crippen molar-refractivity contribution in [3.8, 4) is 0 Å². The van der Waals surface area contributed by atoms with Crippen LogP contribution in [-0.2, 0) is 19.1 Å². The predicted molar refractivity (Wildman–Crippen MR) is 75.6 cm³/mol. The molecule has 21 heavy (non-hydrogen) atoms. The molecule has 0 bridgehead atoms. The number of carbonyl (C=O) groups excluding carboxylic acids is 1. The smallest absolute Gasteiger partial charge is 0.341 e. The quantitative estimate of drug-likeness (QED) is 0.808. The SMILES string of the molecule is O=C(OS(=O)(=O)c1ccc(Br)cc1)C1C2C3NC4C3C2C41. The van der Waals surface area contributed by atoms with Gasteiger partial charge in [-0.3, -0.25) is 4.79 Å². The Balaban J connectivity index is 1.35. The van der Waals surface area contributed by atoms with E-state index in [0.29, 0.717) is 29.8 Å². The fourth-order valence-corrected chi connectivity index (χ4v) is 6.04. The van der Waals surface area contributed by atoms with Crippen molar-refractivity contribution < 1.29 is 17.4 Å². The van der Waals surface area contributed by atoms with Gasteiger partial charge in [0.15, 0.2) is 0 Å². The lowest BCUT2D eigenvalue weighted by Crippen LogP contribution is -2.97. The van der Waals surface area contributed by atoms with Gasteiger partial charge in [-0.05, 0) is 47.9 Å². The zero-order valence-electron chi connectivity index (χ0n) is 10.8. The van der Waals surface area contributed by atoms with E-state index < -0.39 is 16.1 Å². The minimum Gasteiger partial charge on any atom is -0.342 e. The highest BCUT2D eigenvalue weighted by molar-refractivity contribution is 9.10. The number of hydrogen-bond acceptors (Lipinski definition) is 5. The third-order valence-electron chi connectivity index (χ3n) is 5.77. The summed E-state index contributed by atoms with van der Waals surface area (Å²) in [6.07, 6.45) is 0. The van der Waals surface area contributed by atoms with E-state index in [2.05, 4.69) is 21.2 Å². The summed E-state index contributed by atoms with van der Waals surface area (Å²) in [6.45, 7) is 0. The zero-order valence-corrected chi connectivity index (χ0v) is 13.2. The summed E-state index contributed by atoms with van der Waals surface area (Å²) < 4.78 is 29.9. The standard InChI is InChI=1S/C14H12BrNO4S/c15-5-1-3-6(4-2-5)21(18,19)20-14(17)10-8-7-9(10)13-11(7)12(8)16-13/h1-4,7-13,16H. The summed E-state index contributed by atoms with van der Waals surface area (Å²) in [5.41, 5.74) is 0. The molecule has 4 aliphatic rings. The highest BCUT2D eigenvalue weighted by Gasteiger charge is 2.85. The van der Waals surface area contributed by atoms with Gasteiger partial charge in [-0.15, -0.1) is 0 Å². The Morgan fingerprint density at radius 1 is 1.05 bits per heavy atom. The Morgan fingerprint density at radius 2 is 1.67 bits per heavy atom. The van der Waals surface area contributed by atoms with E-state index in [1.54, 1.807) is 12.1 Å². The zero-order chi connectivity index (χ0) is 14.5. The van der Waals surface area contributed by atoms with Crippen LogP contribution in [-0.4, -0.2) is 26.5 Å². The maximum absolute atomic E-state index is 12.2. The molecule has 110 valence electrons. The van der Waals surface area contributed by atoms with Gasteiger partial charge in [0.05, 0.1) is 5.92 Å². The highest BCUT2D eigenvalue weighted by atomic mass is 79.9. The third-order valence-corrected chi connectivity index (χ3v) is 7.53.